The number of nitrogens with one attached hydrogen (secondary N) is 2. The first kappa shape index (κ1) is 54.9. The van der Waals surface area contributed by atoms with Crippen molar-refractivity contribution in [1.82, 2.24) is 50.4 Å². The minimum atomic E-state index is -0.806. The minimum Gasteiger partial charge on any atom is -0.508 e. The summed E-state index contributed by atoms with van der Waals surface area (Å²) in [5.74, 6) is 1.10. The van der Waals surface area contributed by atoms with Crippen molar-refractivity contribution in [2.75, 3.05) is 75.3 Å². The van der Waals surface area contributed by atoms with Crippen molar-refractivity contribution in [3.8, 4) is 33.5 Å². The van der Waals surface area contributed by atoms with Gasteiger partial charge in [-0.3, -0.25) is 19.5 Å². The van der Waals surface area contributed by atoms with Gasteiger partial charge in [-0.15, -0.1) is 11.3 Å². The highest BCUT2D eigenvalue weighted by atomic mass is 32.1. The number of aromatic nitrogens is 5. The summed E-state index contributed by atoms with van der Waals surface area (Å²) in [6, 6.07) is 20.8. The Hall–Kier alpha value is -6.77. The number of carbonyl (C=O) groups excluding carboxylic acids is 2. The highest BCUT2D eigenvalue weighted by Gasteiger charge is 2.52. The van der Waals surface area contributed by atoms with Gasteiger partial charge in [0, 0.05) is 98.5 Å². The molecule has 1 aliphatic carbocycles. The number of aromatic hydroxyl groups is 1. The molecule has 8 aliphatic rings. The van der Waals surface area contributed by atoms with Crippen LogP contribution in [0.3, 0.4) is 0 Å². The van der Waals surface area contributed by atoms with Crippen molar-refractivity contribution in [3.05, 3.63) is 101 Å². The van der Waals surface area contributed by atoms with E-state index in [0.29, 0.717) is 36.5 Å². The van der Waals surface area contributed by atoms with Gasteiger partial charge in [-0.2, -0.15) is 9.97 Å². The summed E-state index contributed by atoms with van der Waals surface area (Å²) >= 11 is 1.60. The first-order chi connectivity index (χ1) is 41.2. The number of β-amino-alcohol motifs (C(OH)–C–C–N with tert-alkyl or cyclic N) is 1. The van der Waals surface area contributed by atoms with E-state index in [1.54, 1.807) is 16.2 Å². The fraction of sp³-hybridized carbons (Fsp3) is 0.530. The molecule has 7 fully saturated rings. The molecule has 15 rings (SSSR count). The summed E-state index contributed by atoms with van der Waals surface area (Å²) in [5.41, 5.74) is 10.0. The molecule has 9 atom stereocenters. The van der Waals surface area contributed by atoms with Gasteiger partial charge in [0.05, 0.1) is 50.4 Å². The Kier molecular flexibility index (Phi) is 13.7. The van der Waals surface area contributed by atoms with Crippen LogP contribution < -0.4 is 25.2 Å². The number of aryl methyl sites for hydroxylation is 1. The second kappa shape index (κ2) is 21.3. The van der Waals surface area contributed by atoms with E-state index in [0.717, 1.165) is 163 Å². The molecular weight excluding hydrogens is 1090 g/mol. The predicted molar refractivity (Wildman–Crippen MR) is 328 cm³/mol. The molecule has 3 unspecified atom stereocenters. The monoisotopic (exact) mass is 1170 g/mol. The molecule has 85 heavy (non-hydrogen) atoms. The number of piperazine rings is 1. The third kappa shape index (κ3) is 9.61. The number of benzene rings is 3. The van der Waals surface area contributed by atoms with E-state index in [2.05, 4.69) is 65.5 Å². The Morgan fingerprint density at radius 3 is 2.49 bits per heavy atom. The molecule has 7 aliphatic heterocycles. The number of rotatable bonds is 14. The predicted octanol–water partition coefficient (Wildman–Crippen LogP) is 8.93. The zero-order chi connectivity index (χ0) is 58.0. The molecule has 2 bridgehead atoms. The van der Waals surface area contributed by atoms with Crippen LogP contribution in [-0.4, -0.2) is 163 Å². The topological polar surface area (TPSA) is 202 Å². The van der Waals surface area contributed by atoms with Crippen molar-refractivity contribution in [2.45, 2.75) is 146 Å². The van der Waals surface area contributed by atoms with Crippen LogP contribution in [0, 0.1) is 18.3 Å². The van der Waals surface area contributed by atoms with Gasteiger partial charge in [-0.25, -0.2) is 4.98 Å². The van der Waals surface area contributed by atoms with E-state index < -0.39 is 18.1 Å². The number of fused-ring (bicyclic) bond motifs is 7. The van der Waals surface area contributed by atoms with Gasteiger partial charge in [0.25, 0.3) is 0 Å². The highest BCUT2D eigenvalue weighted by Crippen LogP contribution is 2.50. The summed E-state index contributed by atoms with van der Waals surface area (Å²) in [7, 11) is 0. The second-order valence-electron chi connectivity index (χ2n) is 26.8. The quantitative estimate of drug-likeness (QED) is 0.0803. The number of aliphatic hydroxyl groups is 1. The number of hydrogen-bond donors (Lipinski definition) is 4. The minimum absolute atomic E-state index is 0.0264. The van der Waals surface area contributed by atoms with Gasteiger partial charge in [0.1, 0.15) is 30.1 Å². The molecule has 2 amide bonds. The fourth-order valence-electron chi connectivity index (χ4n) is 16.6. The molecule has 0 radical (unpaired) electrons. The van der Waals surface area contributed by atoms with Gasteiger partial charge in [-0.05, 0) is 130 Å². The van der Waals surface area contributed by atoms with Gasteiger partial charge in [0.2, 0.25) is 11.8 Å². The van der Waals surface area contributed by atoms with E-state index in [9.17, 15) is 19.8 Å². The van der Waals surface area contributed by atoms with E-state index in [-0.39, 0.29) is 59.4 Å². The highest BCUT2D eigenvalue weighted by molar-refractivity contribution is 7.13. The van der Waals surface area contributed by atoms with Gasteiger partial charge < -0.3 is 49.7 Å². The van der Waals surface area contributed by atoms with Gasteiger partial charge in [0.15, 0.2) is 11.6 Å². The third-order valence-electron chi connectivity index (χ3n) is 21.1. The molecule has 1 spiro atoms. The number of thiazole rings is 1. The second-order valence-corrected chi connectivity index (χ2v) is 27.7. The molecule has 4 aromatic heterocycles. The Morgan fingerprint density at radius 2 is 1.73 bits per heavy atom. The fourth-order valence-corrected chi connectivity index (χ4v) is 17.4. The van der Waals surface area contributed by atoms with Crippen molar-refractivity contribution in [2.24, 2.45) is 11.3 Å². The third-order valence-corrected chi connectivity index (χ3v) is 22.0. The maximum atomic E-state index is 14.5. The Balaban J connectivity index is 0.581. The summed E-state index contributed by atoms with van der Waals surface area (Å²) in [5, 5.41) is 36.4. The lowest BCUT2D eigenvalue weighted by Gasteiger charge is -2.54. The van der Waals surface area contributed by atoms with Crippen LogP contribution in [0.5, 0.6) is 11.8 Å². The number of hydrogen-bond acceptors (Lipinski definition) is 17. The standard InChI is InChI=1S/C66H78N12O6S/c1-37(2)55(63(82)77-32-48(80)26-52(77)62(81)69-39(4)41-10-12-42(13-11-41)60-40(5)68-36-85-60)53-27-54(73-84-53)76-33-65(34-76)19-22-74(23-20-65)31-46-16-18-66(17-7-21-78(46)66)35-83-64-71-59-51(61(72-64)75-29-44-14-15-45(30-75)70-44)28-67-58-50-25-47(79)24-43-8-6-9-49(57(43)50)38(3)56(58)59/h6,8-13,24-25,27-28,36-39,44-46,48,52,55,70,79-80H,7,14-23,26,29-35H2,1-5H3,(H,69,81)/t38?,39-,44?,45?,46-,48+,52-,55-,66-/m0/s1. The lowest BCUT2D eigenvalue weighted by molar-refractivity contribution is -0.141. The number of nitrogens with zero attached hydrogens (tertiary/aromatic N) is 10. The molecule has 18 nitrogen and oxygen atoms in total. The summed E-state index contributed by atoms with van der Waals surface area (Å²) in [4.78, 5) is 61.6. The first-order valence-corrected chi connectivity index (χ1v) is 32.2. The number of ether oxygens (including phenoxy) is 1. The average Bonchev–Trinajstić information content (AvgIpc) is 3.01. The van der Waals surface area contributed by atoms with Gasteiger partial charge >= 0.3 is 6.01 Å². The summed E-state index contributed by atoms with van der Waals surface area (Å²) in [6.45, 7) is 18.6. The molecule has 7 aromatic rings. The van der Waals surface area contributed by atoms with Gasteiger partial charge in [-0.1, -0.05) is 68.4 Å². The number of anilines is 2. The molecule has 4 N–H and O–H groups in total. The number of phenols is 1. The Morgan fingerprint density at radius 1 is 0.929 bits per heavy atom. The maximum Gasteiger partial charge on any atom is 0.319 e. The van der Waals surface area contributed by atoms with E-state index in [4.69, 9.17) is 24.2 Å². The van der Waals surface area contributed by atoms with Crippen LogP contribution in [-0.2, 0) is 9.59 Å². The van der Waals surface area contributed by atoms with Crippen LogP contribution in [0.1, 0.15) is 132 Å². The van der Waals surface area contributed by atoms with E-state index >= 15 is 0 Å². The average molecular weight is 1170 g/mol. The van der Waals surface area contributed by atoms with Crippen LogP contribution in [0.2, 0.25) is 0 Å². The van der Waals surface area contributed by atoms with Crippen LogP contribution in [0.25, 0.3) is 43.4 Å². The smallest absolute Gasteiger partial charge is 0.319 e. The van der Waals surface area contributed by atoms with Crippen molar-refractivity contribution in [1.29, 1.82) is 0 Å². The number of likely N-dealkylation sites (tertiary alicyclic amines) is 2. The normalized spacial score (nSPS) is 26.8. The molecule has 19 heteroatoms. The number of amides is 2. The van der Waals surface area contributed by atoms with Crippen molar-refractivity contribution >= 4 is 56.5 Å². The van der Waals surface area contributed by atoms with E-state index in [1.165, 1.54) is 18.4 Å². The molecule has 11 heterocycles. The van der Waals surface area contributed by atoms with Crippen molar-refractivity contribution < 1.29 is 29.1 Å². The number of phenolic OH excluding ortho intramolecular Hbond substituents is 1. The Bertz CT molecular complexity index is 3710. The summed E-state index contributed by atoms with van der Waals surface area (Å²) in [6.07, 6.45) is 10.4. The first-order valence-electron chi connectivity index (χ1n) is 31.3. The molecule has 7 saturated heterocycles. The lowest BCUT2D eigenvalue weighted by atomic mass is 9.72. The molecule has 0 saturated carbocycles. The van der Waals surface area contributed by atoms with Crippen molar-refractivity contribution in [3.63, 3.8) is 0 Å². The van der Waals surface area contributed by atoms with E-state index in [1.807, 2.05) is 81.9 Å². The lowest BCUT2D eigenvalue weighted by Crippen LogP contribution is -2.61. The number of carbonyl (C=O) groups is 2. The largest absolute Gasteiger partial charge is 0.508 e. The molecule has 444 valence electrons. The SMILES string of the molecule is Cc1ncsc1-c1ccc([C@H](C)NC(=O)[C@@H]2C[C@@H](O)CN2C(=O)[C@H](c2cc(N3CC4(CCN(C[C@@H]5CC[C@]6(COc7nc(N8CC9CCC(C8)N9)c8cnc9c(c8n7)C(C)c7cccc8cc(O)cc-9c78)CCCN56)CC4)C3)no2)C(C)C)cc1. The number of pyridine rings is 1. The number of aliphatic hydroxyl groups excluding tert-OH is 1. The molecular formula is C66H78N12O6S. The summed E-state index contributed by atoms with van der Waals surface area (Å²) < 4.78 is 13.0. The van der Waals surface area contributed by atoms with Crippen LogP contribution in [0.15, 0.2) is 76.9 Å². The maximum absolute atomic E-state index is 14.5. The van der Waals surface area contributed by atoms with Crippen LogP contribution in [0.4, 0.5) is 11.6 Å². The van der Waals surface area contributed by atoms with Crippen LogP contribution >= 0.6 is 11.3 Å². The molecule has 3 aromatic carbocycles. The zero-order valence-electron chi connectivity index (χ0n) is 49.5. The number of piperidine rings is 1. The Labute approximate surface area is 500 Å². The zero-order valence-corrected chi connectivity index (χ0v) is 50.3.